The van der Waals surface area contributed by atoms with Crippen LogP contribution in [0.15, 0.2) is 22.7 Å². The SMILES string of the molecule is CC(C)c1noc(COc2ccc3c(c2)CC[C@H]3O)n1. The molecule has 2 aromatic rings. The summed E-state index contributed by atoms with van der Waals surface area (Å²) in [5, 5.41) is 13.7. The summed E-state index contributed by atoms with van der Waals surface area (Å²) in [7, 11) is 0. The summed E-state index contributed by atoms with van der Waals surface area (Å²) in [5.41, 5.74) is 2.17. The molecule has 5 heteroatoms. The van der Waals surface area contributed by atoms with Gasteiger partial charge in [0.1, 0.15) is 5.75 Å². The van der Waals surface area contributed by atoms with Crippen LogP contribution in [-0.2, 0) is 13.0 Å². The smallest absolute Gasteiger partial charge is 0.264 e. The van der Waals surface area contributed by atoms with Gasteiger partial charge in [0.15, 0.2) is 12.4 Å². The largest absolute Gasteiger partial charge is 0.484 e. The van der Waals surface area contributed by atoms with Crippen LogP contribution in [0, 0.1) is 0 Å². The minimum atomic E-state index is -0.330. The van der Waals surface area contributed by atoms with Gasteiger partial charge in [0.25, 0.3) is 5.89 Å². The Morgan fingerprint density at radius 2 is 2.30 bits per heavy atom. The van der Waals surface area contributed by atoms with E-state index < -0.39 is 0 Å². The fourth-order valence-electron chi connectivity index (χ4n) is 2.37. The summed E-state index contributed by atoms with van der Waals surface area (Å²) in [6.07, 6.45) is 1.36. The zero-order valence-electron chi connectivity index (χ0n) is 11.7. The van der Waals surface area contributed by atoms with Gasteiger partial charge in [-0.25, -0.2) is 0 Å². The first kappa shape index (κ1) is 13.1. The van der Waals surface area contributed by atoms with E-state index in [2.05, 4.69) is 10.1 Å². The third-order valence-electron chi connectivity index (χ3n) is 3.52. The summed E-state index contributed by atoms with van der Waals surface area (Å²) < 4.78 is 10.8. The van der Waals surface area contributed by atoms with Crippen molar-refractivity contribution >= 4 is 0 Å². The highest BCUT2D eigenvalue weighted by atomic mass is 16.5. The lowest BCUT2D eigenvalue weighted by Gasteiger charge is -2.07. The molecule has 0 spiro atoms. The van der Waals surface area contributed by atoms with E-state index in [9.17, 15) is 5.11 Å². The van der Waals surface area contributed by atoms with Crippen LogP contribution in [0.3, 0.4) is 0 Å². The quantitative estimate of drug-likeness (QED) is 0.928. The molecular weight excluding hydrogens is 256 g/mol. The van der Waals surface area contributed by atoms with Crippen molar-refractivity contribution in [2.75, 3.05) is 0 Å². The Hall–Kier alpha value is -1.88. The van der Waals surface area contributed by atoms with E-state index >= 15 is 0 Å². The number of aromatic nitrogens is 2. The fourth-order valence-corrected chi connectivity index (χ4v) is 2.37. The van der Waals surface area contributed by atoms with Crippen molar-refractivity contribution in [3.8, 4) is 5.75 Å². The van der Waals surface area contributed by atoms with E-state index in [1.54, 1.807) is 0 Å². The van der Waals surface area contributed by atoms with Crippen LogP contribution in [0.4, 0.5) is 0 Å². The van der Waals surface area contributed by atoms with Gasteiger partial charge in [0, 0.05) is 5.92 Å². The second kappa shape index (κ2) is 5.25. The standard InChI is InChI=1S/C15H18N2O3/c1-9(2)15-16-14(20-17-15)8-19-11-4-5-12-10(7-11)3-6-13(12)18/h4-5,7,9,13,18H,3,6,8H2,1-2H3/t13-/m1/s1. The number of fused-ring (bicyclic) bond motifs is 1. The van der Waals surface area contributed by atoms with Crippen molar-refractivity contribution in [1.82, 2.24) is 10.1 Å². The first-order chi connectivity index (χ1) is 9.63. The summed E-state index contributed by atoms with van der Waals surface area (Å²) >= 11 is 0. The molecule has 1 heterocycles. The Balaban J connectivity index is 1.66. The van der Waals surface area contributed by atoms with Crippen molar-refractivity contribution in [1.29, 1.82) is 0 Å². The Kier molecular flexibility index (Phi) is 3.44. The molecule has 0 bridgehead atoms. The average Bonchev–Trinajstić information content (AvgIpc) is 3.04. The second-order valence-electron chi connectivity index (χ2n) is 5.40. The molecule has 0 amide bonds. The molecular formula is C15H18N2O3. The average molecular weight is 274 g/mol. The van der Waals surface area contributed by atoms with E-state index in [4.69, 9.17) is 9.26 Å². The molecule has 1 aliphatic rings. The van der Waals surface area contributed by atoms with Crippen LogP contribution in [-0.4, -0.2) is 15.2 Å². The lowest BCUT2D eigenvalue weighted by atomic mass is 10.1. The number of hydrogen-bond donors (Lipinski definition) is 1. The van der Waals surface area contributed by atoms with E-state index in [0.29, 0.717) is 11.7 Å². The Bertz CT molecular complexity index is 607. The molecule has 3 rings (SSSR count). The van der Waals surface area contributed by atoms with E-state index in [-0.39, 0.29) is 18.6 Å². The molecule has 1 N–H and O–H groups in total. The maximum atomic E-state index is 9.76. The second-order valence-corrected chi connectivity index (χ2v) is 5.40. The van der Waals surface area contributed by atoms with Gasteiger partial charge in [-0.1, -0.05) is 25.1 Å². The van der Waals surface area contributed by atoms with Gasteiger partial charge in [-0.2, -0.15) is 4.98 Å². The zero-order valence-corrected chi connectivity index (χ0v) is 11.7. The number of nitrogens with zero attached hydrogens (tertiary/aromatic N) is 2. The third kappa shape index (κ3) is 2.54. The molecule has 0 fully saturated rings. The van der Waals surface area contributed by atoms with Crippen LogP contribution in [0.5, 0.6) is 5.75 Å². The summed E-state index contributed by atoms with van der Waals surface area (Å²) in [4.78, 5) is 4.27. The van der Waals surface area contributed by atoms with Crippen molar-refractivity contribution in [2.24, 2.45) is 0 Å². The normalized spacial score (nSPS) is 17.5. The Morgan fingerprint density at radius 1 is 1.45 bits per heavy atom. The van der Waals surface area contributed by atoms with Crippen molar-refractivity contribution in [2.45, 2.75) is 45.3 Å². The van der Waals surface area contributed by atoms with Gasteiger partial charge in [-0.05, 0) is 36.1 Å². The topological polar surface area (TPSA) is 68.4 Å². The molecule has 0 radical (unpaired) electrons. The van der Waals surface area contributed by atoms with Crippen molar-refractivity contribution < 1.29 is 14.4 Å². The van der Waals surface area contributed by atoms with E-state index in [0.717, 1.165) is 29.7 Å². The van der Waals surface area contributed by atoms with Crippen molar-refractivity contribution in [3.63, 3.8) is 0 Å². The molecule has 1 aromatic heterocycles. The molecule has 1 aliphatic carbocycles. The number of ether oxygens (including phenoxy) is 1. The minimum Gasteiger partial charge on any atom is -0.484 e. The molecule has 20 heavy (non-hydrogen) atoms. The molecule has 106 valence electrons. The lowest BCUT2D eigenvalue weighted by Crippen LogP contribution is -1.98. The minimum absolute atomic E-state index is 0.244. The summed E-state index contributed by atoms with van der Waals surface area (Å²) in [6, 6.07) is 5.77. The summed E-state index contributed by atoms with van der Waals surface area (Å²) in [5.74, 6) is 2.19. The van der Waals surface area contributed by atoms with Gasteiger partial charge < -0.3 is 14.4 Å². The highest BCUT2D eigenvalue weighted by molar-refractivity contribution is 5.39. The number of aliphatic hydroxyl groups excluding tert-OH is 1. The maximum Gasteiger partial charge on any atom is 0.264 e. The molecule has 1 aromatic carbocycles. The van der Waals surface area contributed by atoms with Crippen LogP contribution in [0.1, 0.15) is 55.1 Å². The van der Waals surface area contributed by atoms with Gasteiger partial charge in [-0.15, -0.1) is 0 Å². The number of benzene rings is 1. The molecule has 1 atom stereocenters. The molecule has 0 saturated heterocycles. The third-order valence-corrected chi connectivity index (χ3v) is 3.52. The van der Waals surface area contributed by atoms with Crippen LogP contribution in [0.25, 0.3) is 0 Å². The highest BCUT2D eigenvalue weighted by Crippen LogP contribution is 2.33. The van der Waals surface area contributed by atoms with E-state index in [1.807, 2.05) is 32.0 Å². The number of aliphatic hydroxyl groups is 1. The number of aryl methyl sites for hydroxylation is 1. The van der Waals surface area contributed by atoms with Gasteiger partial charge >= 0.3 is 0 Å². The van der Waals surface area contributed by atoms with Gasteiger partial charge in [-0.3, -0.25) is 0 Å². The van der Waals surface area contributed by atoms with Crippen LogP contribution >= 0.6 is 0 Å². The Labute approximate surface area is 117 Å². The predicted octanol–water partition coefficient (Wildman–Crippen LogP) is 2.75. The number of hydrogen-bond acceptors (Lipinski definition) is 5. The molecule has 0 aliphatic heterocycles. The first-order valence-corrected chi connectivity index (χ1v) is 6.89. The summed E-state index contributed by atoms with van der Waals surface area (Å²) in [6.45, 7) is 4.30. The van der Waals surface area contributed by atoms with Gasteiger partial charge in [0.05, 0.1) is 6.10 Å². The lowest BCUT2D eigenvalue weighted by molar-refractivity contribution is 0.180. The maximum absolute atomic E-state index is 9.76. The van der Waals surface area contributed by atoms with Gasteiger partial charge in [0.2, 0.25) is 0 Å². The van der Waals surface area contributed by atoms with E-state index in [1.165, 1.54) is 0 Å². The number of rotatable bonds is 4. The zero-order chi connectivity index (χ0) is 14.1. The highest BCUT2D eigenvalue weighted by Gasteiger charge is 2.20. The molecule has 0 unspecified atom stereocenters. The van der Waals surface area contributed by atoms with Crippen LogP contribution in [0.2, 0.25) is 0 Å². The monoisotopic (exact) mass is 274 g/mol. The predicted molar refractivity (Wildman–Crippen MR) is 72.4 cm³/mol. The van der Waals surface area contributed by atoms with Crippen LogP contribution < -0.4 is 4.74 Å². The molecule has 5 nitrogen and oxygen atoms in total. The first-order valence-electron chi connectivity index (χ1n) is 6.89. The van der Waals surface area contributed by atoms with Crippen molar-refractivity contribution in [3.05, 3.63) is 41.0 Å². The Morgan fingerprint density at radius 3 is 3.05 bits per heavy atom. The fraction of sp³-hybridized carbons (Fsp3) is 0.467. The molecule has 0 saturated carbocycles.